The van der Waals surface area contributed by atoms with Crippen molar-refractivity contribution in [1.82, 2.24) is 0 Å². The van der Waals surface area contributed by atoms with Crippen LogP contribution in [0.15, 0.2) is 0 Å². The predicted octanol–water partition coefficient (Wildman–Crippen LogP) is 2.60. The zero-order chi connectivity index (χ0) is 8.58. The Morgan fingerprint density at radius 1 is 1.30 bits per heavy atom. The van der Waals surface area contributed by atoms with Crippen molar-refractivity contribution in [3.05, 3.63) is 0 Å². The van der Waals surface area contributed by atoms with Gasteiger partial charge in [0.25, 0.3) is 0 Å². The first-order valence-electron chi connectivity index (χ1n) is 2.81. The highest BCUT2D eigenvalue weighted by molar-refractivity contribution is 9.26. The molecule has 0 saturated heterocycles. The Morgan fingerprint density at radius 3 is 1.60 bits per heavy atom. The molecule has 1 N–H and O–H groups in total. The van der Waals surface area contributed by atoms with Crippen LogP contribution >= 0.6 is 31.9 Å². The number of carboxylic acids is 1. The lowest BCUT2D eigenvalue weighted by molar-refractivity contribution is -0.138. The van der Waals surface area contributed by atoms with E-state index in [0.29, 0.717) is 0 Å². The van der Waals surface area contributed by atoms with Crippen molar-refractivity contribution >= 4 is 37.8 Å². The molecule has 2 nitrogen and oxygen atoms in total. The topological polar surface area (TPSA) is 37.3 Å². The minimum atomic E-state index is -1.02. The van der Waals surface area contributed by atoms with Gasteiger partial charge in [-0.1, -0.05) is 52.6 Å². The Hall–Kier alpha value is 0.430. The molecule has 60 valence electrons. The van der Waals surface area contributed by atoms with Crippen molar-refractivity contribution < 1.29 is 9.90 Å². The van der Waals surface area contributed by atoms with Crippen molar-refractivity contribution in [2.24, 2.45) is 5.41 Å². The molecule has 0 fully saturated rings. The SMILES string of the molecule is CC(C)(C)C(Br)(Br)C(=O)O. The highest BCUT2D eigenvalue weighted by Gasteiger charge is 2.44. The van der Waals surface area contributed by atoms with Gasteiger partial charge in [0.05, 0.1) is 0 Å². The van der Waals surface area contributed by atoms with E-state index in [2.05, 4.69) is 31.9 Å². The van der Waals surface area contributed by atoms with Gasteiger partial charge in [0.1, 0.15) is 0 Å². The van der Waals surface area contributed by atoms with E-state index in [1.165, 1.54) is 0 Å². The minimum Gasteiger partial charge on any atom is -0.480 e. The maximum atomic E-state index is 10.6. The molecule has 0 rings (SSSR count). The first-order chi connectivity index (χ1) is 4.19. The second kappa shape index (κ2) is 2.81. The van der Waals surface area contributed by atoms with Gasteiger partial charge in [0, 0.05) is 0 Å². The van der Waals surface area contributed by atoms with Crippen LogP contribution in [0.1, 0.15) is 20.8 Å². The summed E-state index contributed by atoms with van der Waals surface area (Å²) < 4.78 is -1.02. The van der Waals surface area contributed by atoms with E-state index in [-0.39, 0.29) is 5.41 Å². The Kier molecular flexibility index (Phi) is 2.94. The Bertz CT molecular complexity index is 146. The molecule has 0 heterocycles. The lowest BCUT2D eigenvalue weighted by Gasteiger charge is -2.30. The number of rotatable bonds is 1. The fourth-order valence-electron chi connectivity index (χ4n) is 0.321. The molecule has 0 atom stereocenters. The van der Waals surface area contributed by atoms with Crippen LogP contribution in [0.3, 0.4) is 0 Å². The summed E-state index contributed by atoms with van der Waals surface area (Å²) >= 11 is 6.17. The maximum absolute atomic E-state index is 10.6. The molecule has 0 aromatic carbocycles. The number of alkyl halides is 2. The number of aliphatic carboxylic acids is 1. The third kappa shape index (κ3) is 1.95. The van der Waals surface area contributed by atoms with E-state index in [0.717, 1.165) is 0 Å². The molecule has 0 bridgehead atoms. The van der Waals surface area contributed by atoms with Gasteiger partial charge < -0.3 is 5.11 Å². The summed E-state index contributed by atoms with van der Waals surface area (Å²) in [4.78, 5) is 10.6. The van der Waals surface area contributed by atoms with Gasteiger partial charge in [-0.3, -0.25) is 0 Å². The molecule has 0 aliphatic carbocycles. The van der Waals surface area contributed by atoms with Crippen molar-refractivity contribution in [3.63, 3.8) is 0 Å². The first kappa shape index (κ1) is 10.4. The standard InChI is InChI=1S/C6H10Br2O2/c1-5(2,3)6(7,8)4(9)10/h1-3H3,(H,9,10). The van der Waals surface area contributed by atoms with Gasteiger partial charge >= 0.3 is 5.97 Å². The predicted molar refractivity (Wildman–Crippen MR) is 47.7 cm³/mol. The molecular weight excluding hydrogens is 264 g/mol. The zero-order valence-corrected chi connectivity index (χ0v) is 9.28. The van der Waals surface area contributed by atoms with Gasteiger partial charge in [0.15, 0.2) is 3.23 Å². The Balaban J connectivity index is 4.57. The molecule has 0 spiro atoms. The molecule has 0 unspecified atom stereocenters. The van der Waals surface area contributed by atoms with E-state index in [1.54, 1.807) is 0 Å². The summed E-state index contributed by atoms with van der Waals surface area (Å²) in [6.07, 6.45) is 0. The average Bonchev–Trinajstić information content (AvgIpc) is 1.62. The molecule has 0 amide bonds. The fraction of sp³-hybridized carbons (Fsp3) is 0.833. The van der Waals surface area contributed by atoms with E-state index in [1.807, 2.05) is 20.8 Å². The number of hydrogen-bond acceptors (Lipinski definition) is 1. The van der Waals surface area contributed by atoms with E-state index in [9.17, 15) is 4.79 Å². The summed E-state index contributed by atoms with van der Waals surface area (Å²) in [5.41, 5.74) is -0.348. The lowest BCUT2D eigenvalue weighted by atomic mass is 9.92. The molecule has 0 aliphatic heterocycles. The van der Waals surface area contributed by atoms with Crippen LogP contribution in [0.25, 0.3) is 0 Å². The highest BCUT2D eigenvalue weighted by Crippen LogP contribution is 2.43. The summed E-state index contributed by atoms with van der Waals surface area (Å²) in [6, 6.07) is 0. The summed E-state index contributed by atoms with van der Waals surface area (Å²) in [6.45, 7) is 5.51. The van der Waals surface area contributed by atoms with Crippen molar-refractivity contribution in [1.29, 1.82) is 0 Å². The fourth-order valence-corrected chi connectivity index (χ4v) is 0.321. The van der Waals surface area contributed by atoms with Gasteiger partial charge in [0.2, 0.25) is 0 Å². The quantitative estimate of drug-likeness (QED) is 0.746. The molecular formula is C6H10Br2O2. The molecule has 0 aromatic heterocycles. The van der Waals surface area contributed by atoms with Crippen LogP contribution in [0.4, 0.5) is 0 Å². The van der Waals surface area contributed by atoms with Gasteiger partial charge in [-0.05, 0) is 5.41 Å². The molecule has 0 radical (unpaired) electrons. The highest BCUT2D eigenvalue weighted by atomic mass is 79.9. The molecule has 0 aliphatic rings. The largest absolute Gasteiger partial charge is 0.480 e. The van der Waals surface area contributed by atoms with Crippen LogP contribution in [0.5, 0.6) is 0 Å². The lowest BCUT2D eigenvalue weighted by Crippen LogP contribution is -2.38. The minimum absolute atomic E-state index is 0.348. The van der Waals surface area contributed by atoms with Crippen LogP contribution in [-0.2, 0) is 4.79 Å². The second-order valence-corrected chi connectivity index (χ2v) is 6.57. The molecule has 10 heavy (non-hydrogen) atoms. The number of halogens is 2. The van der Waals surface area contributed by atoms with E-state index < -0.39 is 9.20 Å². The first-order valence-corrected chi connectivity index (χ1v) is 4.39. The van der Waals surface area contributed by atoms with E-state index in [4.69, 9.17) is 5.11 Å². The van der Waals surface area contributed by atoms with Crippen molar-refractivity contribution in [2.75, 3.05) is 0 Å². The van der Waals surface area contributed by atoms with Gasteiger partial charge in [-0.2, -0.15) is 0 Å². The summed E-state index contributed by atoms with van der Waals surface area (Å²) in [5.74, 6) is -0.903. The molecule has 0 saturated carbocycles. The van der Waals surface area contributed by atoms with Crippen LogP contribution < -0.4 is 0 Å². The summed E-state index contributed by atoms with van der Waals surface area (Å²) in [7, 11) is 0. The third-order valence-electron chi connectivity index (χ3n) is 1.21. The average molecular weight is 274 g/mol. The number of hydrogen-bond donors (Lipinski definition) is 1. The third-order valence-corrected chi connectivity index (χ3v) is 4.27. The van der Waals surface area contributed by atoms with Gasteiger partial charge in [-0.25, -0.2) is 4.79 Å². The van der Waals surface area contributed by atoms with Crippen LogP contribution in [0.2, 0.25) is 0 Å². The Morgan fingerprint density at radius 2 is 1.60 bits per heavy atom. The number of carbonyl (C=O) groups is 1. The normalized spacial score (nSPS) is 13.3. The summed E-state index contributed by atoms with van der Waals surface area (Å²) in [5, 5.41) is 8.68. The second-order valence-electron chi connectivity index (χ2n) is 3.13. The van der Waals surface area contributed by atoms with Crippen molar-refractivity contribution in [2.45, 2.75) is 24.0 Å². The van der Waals surface area contributed by atoms with E-state index >= 15 is 0 Å². The molecule has 4 heteroatoms. The van der Waals surface area contributed by atoms with Gasteiger partial charge in [-0.15, -0.1) is 0 Å². The van der Waals surface area contributed by atoms with Crippen molar-refractivity contribution in [3.8, 4) is 0 Å². The Labute approximate surface area is 77.3 Å². The maximum Gasteiger partial charge on any atom is 0.331 e. The monoisotopic (exact) mass is 272 g/mol. The molecule has 0 aromatic rings. The number of carboxylic acid groups (broad SMARTS) is 1. The zero-order valence-electron chi connectivity index (χ0n) is 6.11. The van der Waals surface area contributed by atoms with Crippen LogP contribution in [-0.4, -0.2) is 14.3 Å². The smallest absolute Gasteiger partial charge is 0.331 e. The van der Waals surface area contributed by atoms with Crippen LogP contribution in [0, 0.1) is 5.41 Å².